The van der Waals surface area contributed by atoms with Gasteiger partial charge in [-0.1, -0.05) is 23.5 Å². The van der Waals surface area contributed by atoms with E-state index in [1.165, 1.54) is 23.0 Å². The maximum absolute atomic E-state index is 13.3. The Bertz CT molecular complexity index is 1760. The van der Waals surface area contributed by atoms with Gasteiger partial charge < -0.3 is 0 Å². The van der Waals surface area contributed by atoms with Crippen LogP contribution in [0.3, 0.4) is 0 Å². The average Bonchev–Trinajstić information content (AvgIpc) is 3.24. The van der Waals surface area contributed by atoms with Gasteiger partial charge in [0.2, 0.25) is 15.2 Å². The molecule has 1 fully saturated rings. The summed E-state index contributed by atoms with van der Waals surface area (Å²) in [7, 11) is -4.09. The molecular formula is C21H14F2N8O2S2. The highest BCUT2D eigenvalue weighted by atomic mass is 32.2. The van der Waals surface area contributed by atoms with Crippen LogP contribution in [0.2, 0.25) is 0 Å². The summed E-state index contributed by atoms with van der Waals surface area (Å²) in [5.41, 5.74) is 1.21. The summed E-state index contributed by atoms with van der Waals surface area (Å²) in [6.07, 6.45) is 1.25. The van der Waals surface area contributed by atoms with Gasteiger partial charge in [0.15, 0.2) is 5.01 Å². The Morgan fingerprint density at radius 2 is 2.03 bits per heavy atom. The van der Waals surface area contributed by atoms with Crippen molar-refractivity contribution < 1.29 is 17.2 Å². The molecule has 3 heterocycles. The first-order valence-corrected chi connectivity index (χ1v) is 12.6. The van der Waals surface area contributed by atoms with E-state index in [0.29, 0.717) is 46.2 Å². The third kappa shape index (κ3) is 3.64. The molecule has 0 atom stereocenters. The lowest BCUT2D eigenvalue weighted by Gasteiger charge is -2.13. The second-order valence-electron chi connectivity index (χ2n) is 8.16. The van der Waals surface area contributed by atoms with Crippen molar-refractivity contribution in [2.45, 2.75) is 29.7 Å². The first-order valence-electron chi connectivity index (χ1n) is 10.3. The molecule has 0 aliphatic heterocycles. The second-order valence-corrected chi connectivity index (χ2v) is 10.8. The van der Waals surface area contributed by atoms with Crippen LogP contribution in [0.4, 0.5) is 8.78 Å². The zero-order chi connectivity index (χ0) is 24.4. The molecule has 35 heavy (non-hydrogen) atoms. The molecule has 14 heteroatoms. The monoisotopic (exact) mass is 512 g/mol. The SMILES string of the molecule is N#CC1(NS(=O)(=O)c2cc(-c3ccc4cn[nH]c4c3)c3cnn(-c4nnc(C(F)F)s4)c3c2)CC1. The maximum Gasteiger partial charge on any atom is 0.291 e. The van der Waals surface area contributed by atoms with E-state index >= 15 is 0 Å². The van der Waals surface area contributed by atoms with Gasteiger partial charge in [0.1, 0.15) is 5.54 Å². The van der Waals surface area contributed by atoms with Crippen LogP contribution >= 0.6 is 11.3 Å². The number of rotatable bonds is 6. The van der Waals surface area contributed by atoms with Crippen molar-refractivity contribution >= 4 is 43.2 Å². The Labute approximate surface area is 200 Å². The highest BCUT2D eigenvalue weighted by molar-refractivity contribution is 7.89. The molecule has 0 spiro atoms. The highest BCUT2D eigenvalue weighted by Gasteiger charge is 2.47. The summed E-state index contributed by atoms with van der Waals surface area (Å²) >= 11 is 0.662. The zero-order valence-corrected chi connectivity index (χ0v) is 19.2. The minimum atomic E-state index is -4.09. The molecule has 0 unspecified atom stereocenters. The number of hydrogen-bond donors (Lipinski definition) is 2. The molecule has 10 nitrogen and oxygen atoms in total. The summed E-state index contributed by atoms with van der Waals surface area (Å²) in [4.78, 5) is -0.0911. The van der Waals surface area contributed by atoms with Crippen LogP contribution in [-0.2, 0) is 10.0 Å². The van der Waals surface area contributed by atoms with Crippen molar-refractivity contribution in [2.24, 2.45) is 0 Å². The van der Waals surface area contributed by atoms with Gasteiger partial charge in [0, 0.05) is 10.8 Å². The van der Waals surface area contributed by atoms with E-state index in [9.17, 15) is 22.5 Å². The highest BCUT2D eigenvalue weighted by Crippen LogP contribution is 2.38. The van der Waals surface area contributed by atoms with Gasteiger partial charge in [-0.15, -0.1) is 10.2 Å². The fraction of sp³-hybridized carbons (Fsp3) is 0.190. The number of aromatic amines is 1. The van der Waals surface area contributed by atoms with E-state index in [0.717, 1.165) is 10.9 Å². The molecule has 5 aromatic rings. The summed E-state index contributed by atoms with van der Waals surface area (Å²) in [5, 5.41) is 29.0. The predicted molar refractivity (Wildman–Crippen MR) is 122 cm³/mol. The molecule has 0 bridgehead atoms. The lowest BCUT2D eigenvalue weighted by molar-refractivity contribution is 0.150. The first kappa shape index (κ1) is 21.7. The smallest absolute Gasteiger partial charge is 0.278 e. The molecule has 1 aliphatic rings. The largest absolute Gasteiger partial charge is 0.291 e. The number of aromatic nitrogens is 6. The number of hydrogen-bond acceptors (Lipinski definition) is 8. The zero-order valence-electron chi connectivity index (χ0n) is 17.6. The van der Waals surface area contributed by atoms with Crippen LogP contribution in [0, 0.1) is 11.3 Å². The van der Waals surface area contributed by atoms with Gasteiger partial charge in [-0.05, 0) is 42.2 Å². The van der Waals surface area contributed by atoms with Crippen LogP contribution in [0.25, 0.3) is 38.1 Å². The first-order chi connectivity index (χ1) is 16.8. The van der Waals surface area contributed by atoms with Gasteiger partial charge in [-0.2, -0.15) is 20.2 Å². The number of H-pyrrole nitrogens is 1. The van der Waals surface area contributed by atoms with E-state index in [-0.39, 0.29) is 10.0 Å². The van der Waals surface area contributed by atoms with Crippen molar-refractivity contribution in [3.05, 3.63) is 47.7 Å². The summed E-state index contributed by atoms with van der Waals surface area (Å²) < 4.78 is 56.5. The van der Waals surface area contributed by atoms with Crippen LogP contribution < -0.4 is 4.72 Å². The number of nitrogens with one attached hydrogen (secondary N) is 2. The number of nitriles is 1. The molecular weight excluding hydrogens is 498 g/mol. The fourth-order valence-corrected chi connectivity index (χ4v) is 5.92. The van der Waals surface area contributed by atoms with Crippen molar-refractivity contribution in [2.75, 3.05) is 0 Å². The Balaban J connectivity index is 1.58. The fourth-order valence-electron chi connectivity index (χ4n) is 3.83. The van der Waals surface area contributed by atoms with Crippen LogP contribution in [-0.4, -0.2) is 44.1 Å². The summed E-state index contributed by atoms with van der Waals surface area (Å²) in [6.45, 7) is 0. The second kappa shape index (κ2) is 7.60. The molecule has 176 valence electrons. The van der Waals surface area contributed by atoms with E-state index in [4.69, 9.17) is 0 Å². The third-order valence-corrected chi connectivity index (χ3v) is 8.24. The quantitative estimate of drug-likeness (QED) is 0.353. The van der Waals surface area contributed by atoms with Gasteiger partial charge in [-0.25, -0.2) is 21.9 Å². The Morgan fingerprint density at radius 1 is 1.20 bits per heavy atom. The number of fused-ring (bicyclic) bond motifs is 2. The van der Waals surface area contributed by atoms with Gasteiger partial charge in [0.25, 0.3) is 6.43 Å². The predicted octanol–water partition coefficient (Wildman–Crippen LogP) is 3.69. The van der Waals surface area contributed by atoms with Crippen LogP contribution in [0.1, 0.15) is 24.3 Å². The Hall–Kier alpha value is -3.80. The topological polar surface area (TPSA) is 142 Å². The normalized spacial score (nSPS) is 15.1. The molecule has 2 aromatic carbocycles. The minimum Gasteiger partial charge on any atom is -0.278 e. The van der Waals surface area contributed by atoms with Crippen molar-refractivity contribution in [3.8, 4) is 22.3 Å². The molecule has 0 radical (unpaired) electrons. The maximum atomic E-state index is 13.3. The van der Waals surface area contributed by atoms with Crippen LogP contribution in [0.15, 0.2) is 47.6 Å². The van der Waals surface area contributed by atoms with Crippen molar-refractivity contribution in [3.63, 3.8) is 0 Å². The van der Waals surface area contributed by atoms with Crippen molar-refractivity contribution in [1.29, 1.82) is 5.26 Å². The lowest BCUT2D eigenvalue weighted by Crippen LogP contribution is -2.35. The number of alkyl halides is 2. The van der Waals surface area contributed by atoms with Crippen molar-refractivity contribution in [1.82, 2.24) is 34.9 Å². The molecule has 3 aromatic heterocycles. The Morgan fingerprint density at radius 3 is 2.74 bits per heavy atom. The van der Waals surface area contributed by atoms with Gasteiger partial charge >= 0.3 is 0 Å². The third-order valence-electron chi connectivity index (χ3n) is 5.82. The summed E-state index contributed by atoms with van der Waals surface area (Å²) in [6, 6.07) is 10.4. The molecule has 2 N–H and O–H groups in total. The van der Waals surface area contributed by atoms with E-state index in [1.807, 2.05) is 24.3 Å². The summed E-state index contributed by atoms with van der Waals surface area (Å²) in [5.74, 6) is 0. The number of halogens is 2. The van der Waals surface area contributed by atoms with Gasteiger partial charge in [-0.3, -0.25) is 5.10 Å². The van der Waals surface area contributed by atoms with E-state index in [2.05, 4.69) is 30.2 Å². The molecule has 6 rings (SSSR count). The van der Waals surface area contributed by atoms with Crippen LogP contribution in [0.5, 0.6) is 0 Å². The number of sulfonamides is 1. The van der Waals surface area contributed by atoms with E-state index in [1.54, 1.807) is 6.20 Å². The minimum absolute atomic E-state index is 0.0727. The standard InChI is InChI=1S/C21H14F2N8O2S2/c22-18(23)19-28-29-20(34-19)31-17-7-13(35(32,33)30-21(10-24)3-4-21)6-14(15(17)9-26-31)11-1-2-12-8-25-27-16(12)5-11/h1-2,5-9,18,30H,3-4H2,(H,25,27). The number of benzene rings is 2. The van der Waals surface area contributed by atoms with Gasteiger partial charge in [0.05, 0.1) is 34.4 Å². The lowest BCUT2D eigenvalue weighted by atomic mass is 10.0. The number of nitrogens with zero attached hydrogens (tertiary/aromatic N) is 6. The molecule has 1 saturated carbocycles. The molecule has 1 aliphatic carbocycles. The van der Waals surface area contributed by atoms with E-state index < -0.39 is 27.0 Å². The molecule has 0 amide bonds. The Kier molecular flexibility index (Phi) is 4.72. The molecule has 0 saturated heterocycles. The average molecular weight is 513 g/mol.